The van der Waals surface area contributed by atoms with Crippen molar-refractivity contribution in [3.05, 3.63) is 69.1 Å². The molecule has 1 aliphatic carbocycles. The number of likely N-dealkylation sites (tertiary alicyclic amines) is 1. The summed E-state index contributed by atoms with van der Waals surface area (Å²) in [6, 6.07) is 3.79. The third kappa shape index (κ3) is 3.73. The van der Waals surface area contributed by atoms with Crippen LogP contribution in [0.3, 0.4) is 0 Å². The van der Waals surface area contributed by atoms with Crippen LogP contribution in [-0.4, -0.2) is 51.9 Å². The second-order valence-electron chi connectivity index (χ2n) is 8.11. The van der Waals surface area contributed by atoms with Crippen molar-refractivity contribution in [2.75, 3.05) is 26.2 Å². The summed E-state index contributed by atoms with van der Waals surface area (Å²) in [4.78, 5) is 27.9. The summed E-state index contributed by atoms with van der Waals surface area (Å²) in [5, 5.41) is 1.29. The zero-order valence-electron chi connectivity index (χ0n) is 16.8. The van der Waals surface area contributed by atoms with Crippen LogP contribution in [0.4, 0.5) is 0 Å². The Bertz CT molecular complexity index is 942. The van der Waals surface area contributed by atoms with Crippen LogP contribution in [0, 0.1) is 6.92 Å². The Morgan fingerprint density at radius 1 is 1.14 bits per heavy atom. The predicted molar refractivity (Wildman–Crippen MR) is 115 cm³/mol. The standard InChI is InChI=1S/C23H26N4OS/c1-16-5-6-18(15-24-16)23(28)27-11-7-17(8-12-27)22-25-20-9-13-26(19-3-2-4-19)14-10-21(20)29-22/h2-6,15,17H,7-14H2,1H3. The van der Waals surface area contributed by atoms with Gasteiger partial charge in [-0.15, -0.1) is 11.3 Å². The predicted octanol–water partition coefficient (Wildman–Crippen LogP) is 3.72. The van der Waals surface area contributed by atoms with Gasteiger partial charge in [0.15, 0.2) is 0 Å². The largest absolute Gasteiger partial charge is 0.371 e. The minimum absolute atomic E-state index is 0.102. The molecule has 0 saturated carbocycles. The van der Waals surface area contributed by atoms with Gasteiger partial charge in [-0.2, -0.15) is 0 Å². The van der Waals surface area contributed by atoms with E-state index < -0.39 is 0 Å². The molecule has 6 heteroatoms. The lowest BCUT2D eigenvalue weighted by Crippen LogP contribution is -2.38. The van der Waals surface area contributed by atoms with Crippen molar-refractivity contribution >= 4 is 17.2 Å². The van der Waals surface area contributed by atoms with Gasteiger partial charge in [-0.3, -0.25) is 9.78 Å². The lowest BCUT2D eigenvalue weighted by atomic mass is 9.97. The fourth-order valence-electron chi connectivity index (χ4n) is 4.32. The molecule has 0 atom stereocenters. The Kier molecular flexibility index (Phi) is 4.96. The minimum atomic E-state index is 0.102. The van der Waals surface area contributed by atoms with Crippen LogP contribution in [0.25, 0.3) is 0 Å². The van der Waals surface area contributed by atoms with Gasteiger partial charge < -0.3 is 9.80 Å². The number of rotatable bonds is 3. The summed E-state index contributed by atoms with van der Waals surface area (Å²) in [6.07, 6.45) is 12.3. The first-order chi connectivity index (χ1) is 14.2. The third-order valence-corrected chi connectivity index (χ3v) is 7.53. The monoisotopic (exact) mass is 406 g/mol. The number of carbonyl (C=O) groups is 1. The number of nitrogens with zero attached hydrogens (tertiary/aromatic N) is 4. The molecule has 5 nitrogen and oxygen atoms in total. The lowest BCUT2D eigenvalue weighted by molar-refractivity contribution is 0.0712. The molecule has 3 aliphatic rings. The summed E-state index contributed by atoms with van der Waals surface area (Å²) in [5.74, 6) is 0.589. The van der Waals surface area contributed by atoms with Crippen molar-refractivity contribution in [2.24, 2.45) is 0 Å². The van der Waals surface area contributed by atoms with Gasteiger partial charge in [-0.1, -0.05) is 6.08 Å². The molecule has 2 aromatic heterocycles. The molecule has 0 radical (unpaired) electrons. The molecule has 1 fully saturated rings. The van der Waals surface area contributed by atoms with Crippen LogP contribution in [0.5, 0.6) is 0 Å². The summed E-state index contributed by atoms with van der Waals surface area (Å²) in [5.41, 5.74) is 4.30. The smallest absolute Gasteiger partial charge is 0.255 e. The van der Waals surface area contributed by atoms with E-state index in [1.54, 1.807) is 6.20 Å². The highest BCUT2D eigenvalue weighted by molar-refractivity contribution is 7.11. The van der Waals surface area contributed by atoms with Gasteiger partial charge in [0.2, 0.25) is 0 Å². The number of aryl methyl sites for hydroxylation is 1. The van der Waals surface area contributed by atoms with Crippen molar-refractivity contribution in [1.29, 1.82) is 0 Å². The van der Waals surface area contributed by atoms with Crippen molar-refractivity contribution in [3.8, 4) is 0 Å². The van der Waals surface area contributed by atoms with E-state index in [9.17, 15) is 4.79 Å². The van der Waals surface area contributed by atoms with Crippen LogP contribution in [0.2, 0.25) is 0 Å². The van der Waals surface area contributed by atoms with E-state index in [0.29, 0.717) is 11.5 Å². The SMILES string of the molecule is Cc1ccc(C(=O)N2CCC(c3nc4c(s3)CCN(C3=CC=C3)CC4)CC2)cn1. The molecule has 0 N–H and O–H groups in total. The van der Waals surface area contributed by atoms with Gasteiger partial charge >= 0.3 is 0 Å². The molecular formula is C23H26N4OS. The van der Waals surface area contributed by atoms with Gasteiger partial charge in [-0.05, 0) is 44.1 Å². The minimum Gasteiger partial charge on any atom is -0.371 e. The molecule has 0 spiro atoms. The average molecular weight is 407 g/mol. The van der Waals surface area contributed by atoms with Crippen LogP contribution in [0.1, 0.15) is 50.4 Å². The highest BCUT2D eigenvalue weighted by Gasteiger charge is 2.28. The summed E-state index contributed by atoms with van der Waals surface area (Å²) in [7, 11) is 0. The van der Waals surface area contributed by atoms with E-state index in [0.717, 1.165) is 57.6 Å². The summed E-state index contributed by atoms with van der Waals surface area (Å²) >= 11 is 1.91. The first-order valence-corrected chi connectivity index (χ1v) is 11.3. The van der Waals surface area contributed by atoms with Crippen LogP contribution >= 0.6 is 11.3 Å². The van der Waals surface area contributed by atoms with Crippen LogP contribution in [-0.2, 0) is 12.8 Å². The van der Waals surface area contributed by atoms with E-state index in [4.69, 9.17) is 4.98 Å². The third-order valence-electron chi connectivity index (χ3n) is 6.21. The van der Waals surface area contributed by atoms with Crippen molar-refractivity contribution < 1.29 is 4.79 Å². The van der Waals surface area contributed by atoms with Gasteiger partial charge in [0.25, 0.3) is 5.91 Å². The summed E-state index contributed by atoms with van der Waals surface area (Å²) < 4.78 is 0. The molecule has 4 heterocycles. The normalized spacial score (nSPS) is 19.4. The molecule has 2 aromatic rings. The van der Waals surface area contributed by atoms with Crippen LogP contribution < -0.4 is 0 Å². The van der Waals surface area contributed by atoms with Crippen molar-refractivity contribution in [2.45, 2.75) is 38.5 Å². The van der Waals surface area contributed by atoms with E-state index >= 15 is 0 Å². The second kappa shape index (κ2) is 7.75. The molecule has 1 saturated heterocycles. The highest BCUT2D eigenvalue weighted by atomic mass is 32.1. The Morgan fingerprint density at radius 2 is 1.93 bits per heavy atom. The number of hydrogen-bond acceptors (Lipinski definition) is 5. The molecule has 0 aromatic carbocycles. The maximum atomic E-state index is 12.7. The Labute approximate surface area is 175 Å². The van der Waals surface area contributed by atoms with E-state index in [-0.39, 0.29) is 5.91 Å². The van der Waals surface area contributed by atoms with Crippen molar-refractivity contribution in [1.82, 2.24) is 19.8 Å². The number of aromatic nitrogens is 2. The van der Waals surface area contributed by atoms with Gasteiger partial charge in [0.05, 0.1) is 16.3 Å². The van der Waals surface area contributed by atoms with E-state index in [1.807, 2.05) is 35.3 Å². The lowest BCUT2D eigenvalue weighted by Gasteiger charge is -2.31. The molecule has 0 bridgehead atoms. The van der Waals surface area contributed by atoms with E-state index in [2.05, 4.69) is 28.1 Å². The first-order valence-electron chi connectivity index (χ1n) is 10.5. The number of amides is 1. The Hall–Kier alpha value is -2.47. The molecule has 1 amide bonds. The number of hydrogen-bond donors (Lipinski definition) is 0. The summed E-state index contributed by atoms with van der Waals surface area (Å²) in [6.45, 7) is 5.69. The molecule has 5 rings (SSSR count). The number of carbonyl (C=O) groups excluding carboxylic acids is 1. The maximum absolute atomic E-state index is 12.7. The highest BCUT2D eigenvalue weighted by Crippen LogP contribution is 2.34. The fraction of sp³-hybridized carbons (Fsp3) is 0.435. The van der Waals surface area contributed by atoms with Gasteiger partial charge in [-0.25, -0.2) is 4.98 Å². The average Bonchev–Trinajstić information content (AvgIpc) is 3.02. The number of piperidine rings is 1. The Morgan fingerprint density at radius 3 is 2.62 bits per heavy atom. The zero-order valence-corrected chi connectivity index (χ0v) is 17.6. The number of fused-ring (bicyclic) bond motifs is 1. The molecule has 0 unspecified atom stereocenters. The number of thiazole rings is 1. The Balaban J connectivity index is 1.20. The molecule has 2 aliphatic heterocycles. The number of pyridine rings is 1. The van der Waals surface area contributed by atoms with E-state index in [1.165, 1.54) is 21.3 Å². The quantitative estimate of drug-likeness (QED) is 0.780. The second-order valence-corrected chi connectivity index (χ2v) is 9.23. The first kappa shape index (κ1) is 18.6. The zero-order chi connectivity index (χ0) is 19.8. The molecular weight excluding hydrogens is 380 g/mol. The maximum Gasteiger partial charge on any atom is 0.255 e. The van der Waals surface area contributed by atoms with Crippen molar-refractivity contribution in [3.63, 3.8) is 0 Å². The number of allylic oxidation sites excluding steroid dienone is 3. The molecule has 29 heavy (non-hydrogen) atoms. The topological polar surface area (TPSA) is 49.3 Å². The fourth-order valence-corrected chi connectivity index (χ4v) is 5.59. The van der Waals surface area contributed by atoms with Gasteiger partial charge in [0.1, 0.15) is 0 Å². The molecule has 150 valence electrons. The van der Waals surface area contributed by atoms with Crippen LogP contribution in [0.15, 0.2) is 42.3 Å². The van der Waals surface area contributed by atoms with Gasteiger partial charge in [0, 0.05) is 67.4 Å².